The standard InChI is InChI=1S/C21H23NO5/c1-22(2)12-6-5-10-7-14-20(27-9-26-14)21(25-4)15(10)16-11-8-13(24-3)19(23)17(11)18(12)16/h7-8,11-12,17H,5-6,9H2,1-4H3/t11-,12-,17-/m0/s1. The van der Waals surface area contributed by atoms with Crippen LogP contribution in [-0.4, -0.2) is 51.8 Å². The van der Waals surface area contributed by atoms with Crippen LogP contribution in [0, 0.1) is 11.8 Å². The van der Waals surface area contributed by atoms with Crippen molar-refractivity contribution in [3.8, 4) is 17.2 Å². The predicted molar refractivity (Wildman–Crippen MR) is 98.9 cm³/mol. The summed E-state index contributed by atoms with van der Waals surface area (Å²) in [5, 5.41) is 0. The van der Waals surface area contributed by atoms with E-state index in [1.807, 2.05) is 6.08 Å². The van der Waals surface area contributed by atoms with E-state index in [9.17, 15) is 4.79 Å². The van der Waals surface area contributed by atoms with Crippen LogP contribution in [0.2, 0.25) is 0 Å². The van der Waals surface area contributed by atoms with Gasteiger partial charge in [0.25, 0.3) is 0 Å². The second kappa shape index (κ2) is 5.76. The smallest absolute Gasteiger partial charge is 0.231 e. The summed E-state index contributed by atoms with van der Waals surface area (Å²) in [5.74, 6) is 2.60. The Morgan fingerprint density at radius 1 is 1.19 bits per heavy atom. The maximum Gasteiger partial charge on any atom is 0.231 e. The molecular formula is C21H23NO5. The third-order valence-electron chi connectivity index (χ3n) is 6.26. The Morgan fingerprint density at radius 3 is 2.70 bits per heavy atom. The lowest BCUT2D eigenvalue weighted by atomic mass is 9.64. The molecule has 0 saturated carbocycles. The first-order valence-corrected chi connectivity index (χ1v) is 9.27. The normalized spacial score (nSPS) is 27.5. The molecule has 0 saturated heterocycles. The number of hydrogen-bond acceptors (Lipinski definition) is 6. The number of hydrogen-bond donors (Lipinski definition) is 0. The average molecular weight is 369 g/mol. The molecule has 5 rings (SSSR count). The molecule has 0 unspecified atom stereocenters. The summed E-state index contributed by atoms with van der Waals surface area (Å²) in [6.07, 6.45) is 3.81. The highest BCUT2D eigenvalue weighted by Gasteiger charge is 2.54. The summed E-state index contributed by atoms with van der Waals surface area (Å²) in [6.45, 7) is 0.207. The van der Waals surface area contributed by atoms with Gasteiger partial charge in [0.1, 0.15) is 0 Å². The molecule has 6 nitrogen and oxygen atoms in total. The van der Waals surface area contributed by atoms with E-state index in [0.717, 1.165) is 29.9 Å². The number of fused-ring (bicyclic) bond motifs is 6. The van der Waals surface area contributed by atoms with Gasteiger partial charge in [0.2, 0.25) is 18.3 Å². The van der Waals surface area contributed by atoms with Gasteiger partial charge >= 0.3 is 0 Å². The number of methoxy groups -OCH3 is 2. The first-order valence-electron chi connectivity index (χ1n) is 9.27. The molecule has 3 atom stereocenters. The minimum atomic E-state index is -0.122. The molecule has 4 aliphatic rings. The van der Waals surface area contributed by atoms with Crippen molar-refractivity contribution in [2.45, 2.75) is 18.9 Å². The summed E-state index contributed by atoms with van der Waals surface area (Å²) in [5.41, 5.74) is 4.66. The van der Waals surface area contributed by atoms with Crippen LogP contribution in [0.4, 0.5) is 0 Å². The summed E-state index contributed by atoms with van der Waals surface area (Å²) in [6, 6.07) is 2.29. The number of carbonyl (C=O) groups is 1. The van der Waals surface area contributed by atoms with Gasteiger partial charge in [-0.3, -0.25) is 4.79 Å². The van der Waals surface area contributed by atoms with Crippen LogP contribution < -0.4 is 14.2 Å². The van der Waals surface area contributed by atoms with Crippen molar-refractivity contribution in [1.29, 1.82) is 0 Å². The monoisotopic (exact) mass is 369 g/mol. The van der Waals surface area contributed by atoms with E-state index in [4.69, 9.17) is 18.9 Å². The van der Waals surface area contributed by atoms with E-state index in [1.54, 1.807) is 14.2 Å². The minimum Gasteiger partial charge on any atom is -0.493 e. The fourth-order valence-corrected chi connectivity index (χ4v) is 5.11. The van der Waals surface area contributed by atoms with Crippen LogP contribution in [0.25, 0.3) is 5.57 Å². The number of ketones is 1. The number of benzene rings is 1. The van der Waals surface area contributed by atoms with Gasteiger partial charge in [0, 0.05) is 17.5 Å². The number of nitrogens with zero attached hydrogens (tertiary/aromatic N) is 1. The SMILES string of the molecule is COC1=C[C@H]2C3=C([C@H]2C1=O)[C@@H](N(C)C)CCc1cc2c(c(OC)c13)OCO2. The molecule has 27 heavy (non-hydrogen) atoms. The van der Waals surface area contributed by atoms with Crippen LogP contribution in [0.5, 0.6) is 17.2 Å². The summed E-state index contributed by atoms with van der Waals surface area (Å²) < 4.78 is 22.5. The maximum absolute atomic E-state index is 12.9. The molecule has 3 aliphatic carbocycles. The van der Waals surface area contributed by atoms with E-state index < -0.39 is 0 Å². The minimum absolute atomic E-state index is 0.0380. The Balaban J connectivity index is 1.76. The molecule has 1 aliphatic heterocycles. The topological polar surface area (TPSA) is 57.2 Å². The van der Waals surface area contributed by atoms with Crippen molar-refractivity contribution < 1.29 is 23.7 Å². The van der Waals surface area contributed by atoms with E-state index in [-0.39, 0.29) is 30.5 Å². The Bertz CT molecular complexity index is 914. The molecule has 142 valence electrons. The van der Waals surface area contributed by atoms with E-state index in [2.05, 4.69) is 25.1 Å². The van der Waals surface area contributed by atoms with E-state index in [1.165, 1.54) is 16.7 Å². The first-order chi connectivity index (χ1) is 13.1. The van der Waals surface area contributed by atoms with Gasteiger partial charge in [0.05, 0.1) is 20.1 Å². The number of rotatable bonds is 3. The van der Waals surface area contributed by atoms with Crippen LogP contribution in [0.3, 0.4) is 0 Å². The van der Waals surface area contributed by atoms with Crippen molar-refractivity contribution in [2.24, 2.45) is 11.8 Å². The molecule has 1 heterocycles. The van der Waals surface area contributed by atoms with Crippen molar-refractivity contribution in [3.05, 3.63) is 34.6 Å². The molecule has 0 bridgehead atoms. The van der Waals surface area contributed by atoms with Gasteiger partial charge in [-0.05, 0) is 55.8 Å². The van der Waals surface area contributed by atoms with Crippen LogP contribution in [0.1, 0.15) is 17.5 Å². The number of allylic oxidation sites excluding steroid dienone is 3. The van der Waals surface area contributed by atoms with Gasteiger partial charge in [-0.15, -0.1) is 0 Å². The molecule has 1 aromatic carbocycles. The van der Waals surface area contributed by atoms with Crippen LogP contribution in [0.15, 0.2) is 23.5 Å². The molecule has 0 fully saturated rings. The van der Waals surface area contributed by atoms with Gasteiger partial charge in [0.15, 0.2) is 17.3 Å². The van der Waals surface area contributed by atoms with Gasteiger partial charge < -0.3 is 23.8 Å². The Labute approximate surface area is 158 Å². The number of carbonyl (C=O) groups excluding carboxylic acids is 1. The van der Waals surface area contributed by atoms with Crippen molar-refractivity contribution in [1.82, 2.24) is 4.90 Å². The highest BCUT2D eigenvalue weighted by molar-refractivity contribution is 6.08. The van der Waals surface area contributed by atoms with Crippen LogP contribution in [-0.2, 0) is 16.0 Å². The third-order valence-corrected chi connectivity index (χ3v) is 6.26. The Hall–Kier alpha value is -2.47. The molecular weight excluding hydrogens is 346 g/mol. The Kier molecular flexibility index (Phi) is 3.56. The highest BCUT2D eigenvalue weighted by atomic mass is 16.7. The molecule has 1 aromatic rings. The first kappa shape index (κ1) is 16.7. The largest absolute Gasteiger partial charge is 0.493 e. The lowest BCUT2D eigenvalue weighted by Crippen LogP contribution is -2.42. The molecule has 0 N–H and O–H groups in total. The zero-order chi connectivity index (χ0) is 18.9. The number of aryl methyl sites for hydroxylation is 1. The summed E-state index contributed by atoms with van der Waals surface area (Å²) in [4.78, 5) is 15.1. The summed E-state index contributed by atoms with van der Waals surface area (Å²) >= 11 is 0. The lowest BCUT2D eigenvalue weighted by Gasteiger charge is -2.42. The highest BCUT2D eigenvalue weighted by Crippen LogP contribution is 2.60. The molecule has 0 amide bonds. The molecule has 0 radical (unpaired) electrons. The molecule has 0 aromatic heterocycles. The quantitative estimate of drug-likeness (QED) is 0.816. The van der Waals surface area contributed by atoms with Crippen molar-refractivity contribution >= 4 is 11.4 Å². The third kappa shape index (κ3) is 2.07. The van der Waals surface area contributed by atoms with Crippen molar-refractivity contribution in [3.63, 3.8) is 0 Å². The number of likely N-dealkylation sites (N-methyl/N-ethyl adjacent to an activating group) is 1. The van der Waals surface area contributed by atoms with Crippen molar-refractivity contribution in [2.75, 3.05) is 35.1 Å². The van der Waals surface area contributed by atoms with E-state index in [0.29, 0.717) is 11.5 Å². The second-order valence-electron chi connectivity index (χ2n) is 7.67. The van der Waals surface area contributed by atoms with Gasteiger partial charge in [-0.2, -0.15) is 0 Å². The summed E-state index contributed by atoms with van der Waals surface area (Å²) in [7, 11) is 7.38. The van der Waals surface area contributed by atoms with Gasteiger partial charge in [-0.1, -0.05) is 0 Å². The lowest BCUT2D eigenvalue weighted by molar-refractivity contribution is -0.121. The molecule has 0 spiro atoms. The van der Waals surface area contributed by atoms with E-state index >= 15 is 0 Å². The fourth-order valence-electron chi connectivity index (χ4n) is 5.11. The Morgan fingerprint density at radius 2 is 2.00 bits per heavy atom. The average Bonchev–Trinajstić information content (AvgIpc) is 3.16. The van der Waals surface area contributed by atoms with Crippen LogP contribution >= 0.6 is 0 Å². The zero-order valence-corrected chi connectivity index (χ0v) is 16.0. The predicted octanol–water partition coefficient (Wildman–Crippen LogP) is 2.41. The number of Topliss-reactive ketones (excluding diaryl/α,β-unsaturated/α-hetero) is 1. The van der Waals surface area contributed by atoms with Gasteiger partial charge in [-0.25, -0.2) is 0 Å². The molecule has 6 heteroatoms. The maximum atomic E-state index is 12.9. The number of ether oxygens (including phenoxy) is 4. The fraction of sp³-hybridized carbons (Fsp3) is 0.476. The second-order valence-corrected chi connectivity index (χ2v) is 7.67. The zero-order valence-electron chi connectivity index (χ0n) is 16.0.